The monoisotopic (exact) mass is 376 g/mol. The van der Waals surface area contributed by atoms with Gasteiger partial charge < -0.3 is 5.32 Å². The molecule has 0 bridgehead atoms. The third-order valence-electron chi connectivity index (χ3n) is 4.34. The van der Waals surface area contributed by atoms with Crippen LogP contribution in [0.5, 0.6) is 0 Å². The van der Waals surface area contributed by atoms with Crippen molar-refractivity contribution in [1.29, 1.82) is 0 Å². The number of benzene rings is 2. The number of hydrogen-bond acceptors (Lipinski definition) is 3. The summed E-state index contributed by atoms with van der Waals surface area (Å²) in [4.78, 5) is 12.3. The van der Waals surface area contributed by atoms with Crippen LogP contribution < -0.4 is 5.32 Å². The molecule has 3 rings (SSSR count). The number of sulfonamides is 1. The average molecular weight is 376 g/mol. The Labute approximate surface area is 152 Å². The fourth-order valence-electron chi connectivity index (χ4n) is 3.00. The van der Waals surface area contributed by atoms with Crippen LogP contribution in [-0.4, -0.2) is 31.7 Å². The highest BCUT2D eigenvalue weighted by Crippen LogP contribution is 2.22. The highest BCUT2D eigenvalue weighted by atomic mass is 32.2. The van der Waals surface area contributed by atoms with Crippen molar-refractivity contribution in [3.8, 4) is 0 Å². The number of anilines is 1. The van der Waals surface area contributed by atoms with Crippen LogP contribution in [-0.2, 0) is 21.2 Å². The molecule has 0 spiro atoms. The van der Waals surface area contributed by atoms with Gasteiger partial charge in [0.25, 0.3) is 0 Å². The SMILES string of the molecule is O=C(Cc1cccc(F)c1)Nc1ccc(S(=O)(=O)N2CCCCC2)cc1. The molecule has 1 aliphatic rings. The summed E-state index contributed by atoms with van der Waals surface area (Å²) < 4.78 is 39.9. The van der Waals surface area contributed by atoms with E-state index in [9.17, 15) is 17.6 Å². The topological polar surface area (TPSA) is 66.5 Å². The van der Waals surface area contributed by atoms with Gasteiger partial charge in [0.2, 0.25) is 15.9 Å². The molecule has 1 fully saturated rings. The summed E-state index contributed by atoms with van der Waals surface area (Å²) in [5.74, 6) is -0.676. The van der Waals surface area contributed by atoms with E-state index in [4.69, 9.17) is 0 Å². The van der Waals surface area contributed by atoms with Crippen molar-refractivity contribution in [1.82, 2.24) is 4.31 Å². The molecule has 0 saturated carbocycles. The van der Waals surface area contributed by atoms with Gasteiger partial charge in [-0.05, 0) is 54.8 Å². The molecule has 0 atom stereocenters. The van der Waals surface area contributed by atoms with E-state index in [0.717, 1.165) is 19.3 Å². The van der Waals surface area contributed by atoms with Crippen molar-refractivity contribution < 1.29 is 17.6 Å². The Morgan fingerprint density at radius 3 is 2.38 bits per heavy atom. The second kappa shape index (κ2) is 7.97. The molecule has 0 radical (unpaired) electrons. The maximum atomic E-state index is 13.2. The number of rotatable bonds is 5. The van der Waals surface area contributed by atoms with Gasteiger partial charge in [-0.1, -0.05) is 18.6 Å². The highest BCUT2D eigenvalue weighted by Gasteiger charge is 2.25. The number of halogens is 1. The predicted molar refractivity (Wildman–Crippen MR) is 97.8 cm³/mol. The molecular weight excluding hydrogens is 355 g/mol. The number of carbonyl (C=O) groups excluding carboxylic acids is 1. The predicted octanol–water partition coefficient (Wildman–Crippen LogP) is 3.18. The van der Waals surface area contributed by atoms with E-state index in [1.54, 1.807) is 24.3 Å². The molecule has 1 N–H and O–H groups in total. The first-order chi connectivity index (χ1) is 12.4. The first-order valence-corrected chi connectivity index (χ1v) is 10.0. The third-order valence-corrected chi connectivity index (χ3v) is 6.26. The fraction of sp³-hybridized carbons (Fsp3) is 0.316. The van der Waals surface area contributed by atoms with Gasteiger partial charge in [0.05, 0.1) is 11.3 Å². The maximum absolute atomic E-state index is 13.2. The van der Waals surface area contributed by atoms with Crippen LogP contribution in [0.25, 0.3) is 0 Å². The first kappa shape index (κ1) is 18.5. The van der Waals surface area contributed by atoms with Crippen LogP contribution in [0, 0.1) is 5.82 Å². The second-order valence-electron chi connectivity index (χ2n) is 6.34. The zero-order valence-electron chi connectivity index (χ0n) is 14.3. The van der Waals surface area contributed by atoms with Gasteiger partial charge in [0.15, 0.2) is 0 Å². The fourth-order valence-corrected chi connectivity index (χ4v) is 4.52. The molecule has 7 heteroatoms. The lowest BCUT2D eigenvalue weighted by Gasteiger charge is -2.25. The smallest absolute Gasteiger partial charge is 0.243 e. The largest absolute Gasteiger partial charge is 0.326 e. The van der Waals surface area contributed by atoms with E-state index in [1.807, 2.05) is 0 Å². The summed E-state index contributed by atoms with van der Waals surface area (Å²) in [5.41, 5.74) is 1.08. The average Bonchev–Trinajstić information content (AvgIpc) is 2.63. The summed E-state index contributed by atoms with van der Waals surface area (Å²) in [6, 6.07) is 12.0. The van der Waals surface area contributed by atoms with Gasteiger partial charge in [0, 0.05) is 18.8 Å². The maximum Gasteiger partial charge on any atom is 0.243 e. The molecule has 26 heavy (non-hydrogen) atoms. The number of nitrogens with one attached hydrogen (secondary N) is 1. The molecule has 1 amide bonds. The number of carbonyl (C=O) groups is 1. The van der Waals surface area contributed by atoms with Gasteiger partial charge in [-0.3, -0.25) is 4.79 Å². The summed E-state index contributed by atoms with van der Waals surface area (Å²) in [6.45, 7) is 1.10. The molecular formula is C19H21FN2O3S. The van der Waals surface area contributed by atoms with Gasteiger partial charge in [-0.15, -0.1) is 0 Å². The molecule has 1 saturated heterocycles. The van der Waals surface area contributed by atoms with Gasteiger partial charge in [0.1, 0.15) is 5.82 Å². The zero-order valence-corrected chi connectivity index (χ0v) is 15.1. The standard InChI is InChI=1S/C19H21FN2O3S/c20-16-6-4-5-15(13-16)14-19(23)21-17-7-9-18(10-8-17)26(24,25)22-11-2-1-3-12-22/h4-10,13H,1-3,11-12,14H2,(H,21,23). The van der Waals surface area contributed by atoms with E-state index >= 15 is 0 Å². The Bertz CT molecular complexity index is 876. The molecule has 0 unspecified atom stereocenters. The Hall–Kier alpha value is -2.25. The summed E-state index contributed by atoms with van der Waals surface area (Å²) in [5, 5.41) is 2.70. The molecule has 2 aromatic rings. The van der Waals surface area contributed by atoms with Crippen LogP contribution in [0.1, 0.15) is 24.8 Å². The van der Waals surface area contributed by atoms with Crippen molar-refractivity contribution >= 4 is 21.6 Å². The molecule has 138 valence electrons. The minimum atomic E-state index is -3.48. The number of piperidine rings is 1. The third kappa shape index (κ3) is 4.47. The Morgan fingerprint density at radius 1 is 1.04 bits per heavy atom. The van der Waals surface area contributed by atoms with E-state index in [-0.39, 0.29) is 23.0 Å². The quantitative estimate of drug-likeness (QED) is 0.872. The van der Waals surface area contributed by atoms with Gasteiger partial charge in [-0.2, -0.15) is 4.31 Å². The molecule has 1 heterocycles. The molecule has 5 nitrogen and oxygen atoms in total. The summed E-state index contributed by atoms with van der Waals surface area (Å²) >= 11 is 0. The number of amides is 1. The van der Waals surface area contributed by atoms with Crippen molar-refractivity contribution in [2.75, 3.05) is 18.4 Å². The molecule has 0 aromatic heterocycles. The van der Waals surface area contributed by atoms with Crippen molar-refractivity contribution in [2.24, 2.45) is 0 Å². The van der Waals surface area contributed by atoms with E-state index in [2.05, 4.69) is 5.32 Å². The van der Waals surface area contributed by atoms with Crippen LogP contribution in [0.4, 0.5) is 10.1 Å². The van der Waals surface area contributed by atoms with Gasteiger partial charge in [-0.25, -0.2) is 12.8 Å². The summed E-state index contributed by atoms with van der Waals surface area (Å²) in [7, 11) is -3.48. The Balaban J connectivity index is 1.64. The lowest BCUT2D eigenvalue weighted by molar-refractivity contribution is -0.115. The van der Waals surface area contributed by atoms with Crippen LogP contribution >= 0.6 is 0 Å². The second-order valence-corrected chi connectivity index (χ2v) is 8.28. The van der Waals surface area contributed by atoms with Crippen molar-refractivity contribution in [3.63, 3.8) is 0 Å². The Morgan fingerprint density at radius 2 is 1.73 bits per heavy atom. The first-order valence-electron chi connectivity index (χ1n) is 8.60. The zero-order chi connectivity index (χ0) is 18.6. The van der Waals surface area contributed by atoms with E-state index in [1.165, 1.54) is 28.6 Å². The summed E-state index contributed by atoms with van der Waals surface area (Å²) in [6.07, 6.45) is 2.87. The van der Waals surface area contributed by atoms with Crippen molar-refractivity contribution in [3.05, 3.63) is 59.9 Å². The molecule has 0 aliphatic carbocycles. The number of nitrogens with zero attached hydrogens (tertiary/aromatic N) is 1. The molecule has 2 aromatic carbocycles. The van der Waals surface area contributed by atoms with Crippen molar-refractivity contribution in [2.45, 2.75) is 30.6 Å². The van der Waals surface area contributed by atoms with Crippen LogP contribution in [0.3, 0.4) is 0 Å². The molecule has 1 aliphatic heterocycles. The lowest BCUT2D eigenvalue weighted by atomic mass is 10.1. The van der Waals surface area contributed by atoms with Gasteiger partial charge >= 0.3 is 0 Å². The lowest BCUT2D eigenvalue weighted by Crippen LogP contribution is -2.35. The van der Waals surface area contributed by atoms with E-state index in [0.29, 0.717) is 24.3 Å². The number of hydrogen-bond donors (Lipinski definition) is 1. The minimum absolute atomic E-state index is 0.0472. The Kier molecular flexibility index (Phi) is 5.68. The minimum Gasteiger partial charge on any atom is -0.326 e. The van der Waals surface area contributed by atoms with Crippen LogP contribution in [0.2, 0.25) is 0 Å². The normalized spacial score (nSPS) is 15.6. The van der Waals surface area contributed by atoms with Crippen LogP contribution in [0.15, 0.2) is 53.4 Å². The van der Waals surface area contributed by atoms with E-state index < -0.39 is 10.0 Å². The highest BCUT2D eigenvalue weighted by molar-refractivity contribution is 7.89.